The molecule has 0 bridgehead atoms. The van der Waals surface area contributed by atoms with E-state index in [0.29, 0.717) is 17.7 Å². The van der Waals surface area contributed by atoms with E-state index < -0.39 is 23.8 Å². The zero-order valence-electron chi connectivity index (χ0n) is 21.2. The number of rotatable bonds is 8. The van der Waals surface area contributed by atoms with Crippen molar-refractivity contribution in [3.63, 3.8) is 0 Å². The van der Waals surface area contributed by atoms with Gasteiger partial charge in [0.15, 0.2) is 0 Å². The van der Waals surface area contributed by atoms with Gasteiger partial charge in [-0.2, -0.15) is 0 Å². The summed E-state index contributed by atoms with van der Waals surface area (Å²) >= 11 is 0. The first-order chi connectivity index (χ1) is 15.9. The monoisotopic (exact) mass is 467 g/mol. The highest BCUT2D eigenvalue weighted by Gasteiger charge is 2.34. The van der Waals surface area contributed by atoms with Crippen molar-refractivity contribution in [3.05, 3.63) is 65.7 Å². The number of anilines is 1. The Morgan fingerprint density at radius 2 is 1.56 bits per heavy atom. The maximum absolute atomic E-state index is 13.6. The average molecular weight is 468 g/mol. The molecule has 0 aliphatic heterocycles. The summed E-state index contributed by atoms with van der Waals surface area (Å²) in [5.41, 5.74) is 1.58. The van der Waals surface area contributed by atoms with Crippen LogP contribution < -0.4 is 10.6 Å². The molecular formula is C27H37N3O4. The normalized spacial score (nSPS) is 13.1. The lowest BCUT2D eigenvalue weighted by atomic mass is 9.99. The van der Waals surface area contributed by atoms with Gasteiger partial charge >= 0.3 is 6.09 Å². The molecule has 0 radical (unpaired) electrons. The first kappa shape index (κ1) is 26.9. The van der Waals surface area contributed by atoms with Crippen LogP contribution in [0.2, 0.25) is 0 Å². The number of para-hydroxylation sites is 1. The Morgan fingerprint density at radius 1 is 0.971 bits per heavy atom. The largest absolute Gasteiger partial charge is 0.444 e. The summed E-state index contributed by atoms with van der Waals surface area (Å²) in [6, 6.07) is 14.9. The fraction of sp³-hybridized carbons (Fsp3) is 0.444. The first-order valence-corrected chi connectivity index (χ1v) is 11.6. The molecule has 0 heterocycles. The van der Waals surface area contributed by atoms with Crippen molar-refractivity contribution in [2.45, 2.75) is 65.6 Å². The molecule has 2 rings (SSSR count). The van der Waals surface area contributed by atoms with Crippen molar-refractivity contribution in [3.8, 4) is 0 Å². The zero-order valence-corrected chi connectivity index (χ0v) is 21.2. The quantitative estimate of drug-likeness (QED) is 0.567. The van der Waals surface area contributed by atoms with E-state index in [-0.39, 0.29) is 17.7 Å². The van der Waals surface area contributed by atoms with Crippen LogP contribution in [0.3, 0.4) is 0 Å². The Hall–Kier alpha value is -3.35. The minimum absolute atomic E-state index is 0.133. The smallest absolute Gasteiger partial charge is 0.408 e. The van der Waals surface area contributed by atoms with Crippen molar-refractivity contribution in [1.82, 2.24) is 10.2 Å². The van der Waals surface area contributed by atoms with Gasteiger partial charge in [-0.15, -0.1) is 0 Å². The molecule has 0 aliphatic rings. The maximum Gasteiger partial charge on any atom is 0.408 e. The van der Waals surface area contributed by atoms with Gasteiger partial charge in [0.2, 0.25) is 5.91 Å². The molecule has 0 spiro atoms. The molecule has 0 saturated heterocycles. The van der Waals surface area contributed by atoms with Crippen molar-refractivity contribution in [2.24, 2.45) is 5.92 Å². The number of ether oxygens (including phenoxy) is 1. The van der Waals surface area contributed by atoms with Gasteiger partial charge in [0.25, 0.3) is 5.91 Å². The van der Waals surface area contributed by atoms with Crippen LogP contribution in [-0.2, 0) is 14.3 Å². The van der Waals surface area contributed by atoms with Crippen LogP contribution in [0.1, 0.15) is 58.2 Å². The Balaban J connectivity index is 2.34. The molecule has 7 nitrogen and oxygen atoms in total. The molecule has 34 heavy (non-hydrogen) atoms. The number of hydrogen-bond donors (Lipinski definition) is 2. The van der Waals surface area contributed by atoms with Crippen LogP contribution >= 0.6 is 0 Å². The Morgan fingerprint density at radius 3 is 2.12 bits per heavy atom. The Kier molecular flexibility index (Phi) is 9.24. The van der Waals surface area contributed by atoms with Crippen LogP contribution in [0.5, 0.6) is 0 Å². The Labute approximate surface area is 202 Å². The number of aryl methyl sites for hydroxylation is 1. The van der Waals surface area contributed by atoms with Crippen molar-refractivity contribution in [1.29, 1.82) is 0 Å². The molecule has 2 aromatic carbocycles. The third kappa shape index (κ3) is 7.90. The Bertz CT molecular complexity index is 983. The molecule has 2 unspecified atom stereocenters. The number of nitrogens with zero attached hydrogens (tertiary/aromatic N) is 1. The molecule has 0 fully saturated rings. The van der Waals surface area contributed by atoms with E-state index in [1.54, 1.807) is 27.8 Å². The number of benzene rings is 2. The first-order valence-electron chi connectivity index (χ1n) is 11.6. The summed E-state index contributed by atoms with van der Waals surface area (Å²) in [6.45, 7) is 11.1. The van der Waals surface area contributed by atoms with E-state index in [2.05, 4.69) is 10.6 Å². The molecule has 2 atom stereocenters. The molecule has 0 aromatic heterocycles. The van der Waals surface area contributed by atoms with E-state index in [4.69, 9.17) is 4.74 Å². The molecular weight excluding hydrogens is 430 g/mol. The summed E-state index contributed by atoms with van der Waals surface area (Å²) in [5.74, 6) is -0.571. The fourth-order valence-electron chi connectivity index (χ4n) is 3.62. The van der Waals surface area contributed by atoms with Crippen LogP contribution in [0.4, 0.5) is 10.5 Å². The van der Waals surface area contributed by atoms with Gasteiger partial charge in [-0.1, -0.05) is 62.4 Å². The number of carbonyl (C=O) groups is 3. The topological polar surface area (TPSA) is 87.7 Å². The predicted octanol–water partition coefficient (Wildman–Crippen LogP) is 5.07. The van der Waals surface area contributed by atoms with E-state index in [1.165, 1.54) is 4.90 Å². The summed E-state index contributed by atoms with van der Waals surface area (Å²) < 4.78 is 5.36. The third-order valence-electron chi connectivity index (χ3n) is 5.20. The lowest BCUT2D eigenvalue weighted by Gasteiger charge is -2.32. The van der Waals surface area contributed by atoms with Gasteiger partial charge in [0.05, 0.1) is 0 Å². The summed E-state index contributed by atoms with van der Waals surface area (Å²) in [7, 11) is 1.58. The van der Waals surface area contributed by atoms with Crippen molar-refractivity contribution < 1.29 is 19.1 Å². The van der Waals surface area contributed by atoms with Crippen molar-refractivity contribution >= 4 is 23.6 Å². The third-order valence-corrected chi connectivity index (χ3v) is 5.20. The van der Waals surface area contributed by atoms with Gasteiger partial charge < -0.3 is 20.3 Å². The lowest BCUT2D eigenvalue weighted by molar-refractivity contribution is -0.139. The molecule has 0 saturated carbocycles. The number of hydrogen-bond acceptors (Lipinski definition) is 4. The minimum atomic E-state index is -0.886. The highest BCUT2D eigenvalue weighted by molar-refractivity contribution is 5.99. The molecule has 184 valence electrons. The maximum atomic E-state index is 13.6. The molecule has 2 N–H and O–H groups in total. The number of amides is 3. The predicted molar refractivity (Wildman–Crippen MR) is 134 cm³/mol. The minimum Gasteiger partial charge on any atom is -0.444 e. The van der Waals surface area contributed by atoms with Gasteiger partial charge in [-0.05, 0) is 57.2 Å². The lowest BCUT2D eigenvalue weighted by Crippen LogP contribution is -2.51. The van der Waals surface area contributed by atoms with Crippen LogP contribution in [0, 0.1) is 12.8 Å². The summed E-state index contributed by atoms with van der Waals surface area (Å²) in [4.78, 5) is 40.9. The SMILES string of the molecule is Cc1ccccc1NC(=O)C(c1ccccc1)N(C)C(=O)C(CC(C)C)NC(=O)OC(C)(C)C. The van der Waals surface area contributed by atoms with E-state index >= 15 is 0 Å². The van der Waals surface area contributed by atoms with Crippen molar-refractivity contribution in [2.75, 3.05) is 12.4 Å². The zero-order chi connectivity index (χ0) is 25.5. The number of likely N-dealkylation sites (N-methyl/N-ethyl adjacent to an activating group) is 1. The van der Waals surface area contributed by atoms with Gasteiger partial charge in [0.1, 0.15) is 17.7 Å². The second kappa shape index (κ2) is 11.7. The second-order valence-corrected chi connectivity index (χ2v) is 9.89. The van der Waals surface area contributed by atoms with Crippen LogP contribution in [-0.4, -0.2) is 41.5 Å². The number of carbonyl (C=O) groups excluding carboxylic acids is 3. The molecule has 7 heteroatoms. The van der Waals surface area contributed by atoms with Crippen LogP contribution in [0.15, 0.2) is 54.6 Å². The summed E-state index contributed by atoms with van der Waals surface area (Å²) in [6.07, 6.45) is -0.260. The summed E-state index contributed by atoms with van der Waals surface area (Å²) in [5, 5.41) is 5.66. The molecule has 2 aromatic rings. The van der Waals surface area contributed by atoms with E-state index in [9.17, 15) is 14.4 Å². The highest BCUT2D eigenvalue weighted by Crippen LogP contribution is 2.24. The molecule has 0 aliphatic carbocycles. The van der Waals surface area contributed by atoms with Crippen LogP contribution in [0.25, 0.3) is 0 Å². The highest BCUT2D eigenvalue weighted by atomic mass is 16.6. The second-order valence-electron chi connectivity index (χ2n) is 9.89. The standard InChI is InChI=1S/C27H37N3O4/c1-18(2)17-22(29-26(33)34-27(4,5)6)25(32)30(7)23(20-14-9-8-10-15-20)24(31)28-21-16-12-11-13-19(21)3/h8-16,18,22-23H,17H2,1-7H3,(H,28,31)(H,29,33). The van der Waals surface area contributed by atoms with Gasteiger partial charge in [-0.25, -0.2) is 4.79 Å². The van der Waals surface area contributed by atoms with Gasteiger partial charge in [0, 0.05) is 12.7 Å². The number of nitrogens with one attached hydrogen (secondary N) is 2. The number of alkyl carbamates (subject to hydrolysis) is 1. The van der Waals surface area contributed by atoms with E-state index in [0.717, 1.165) is 5.56 Å². The fourth-order valence-corrected chi connectivity index (χ4v) is 3.62. The van der Waals surface area contributed by atoms with E-state index in [1.807, 2.05) is 75.4 Å². The molecule has 3 amide bonds. The van der Waals surface area contributed by atoms with Gasteiger partial charge in [-0.3, -0.25) is 9.59 Å². The average Bonchev–Trinajstić information content (AvgIpc) is 2.73.